The van der Waals surface area contributed by atoms with Gasteiger partial charge < -0.3 is 11.1 Å². The van der Waals surface area contributed by atoms with Gasteiger partial charge in [-0.25, -0.2) is 0 Å². The fourth-order valence-corrected chi connectivity index (χ4v) is 2.06. The summed E-state index contributed by atoms with van der Waals surface area (Å²) in [5.74, 6) is 0.307. The first-order valence-corrected chi connectivity index (χ1v) is 5.71. The monoisotopic (exact) mass is 198 g/mol. The molecule has 0 aromatic rings. The lowest BCUT2D eigenvalue weighted by molar-refractivity contribution is -0.125. The number of rotatable bonds is 4. The zero-order chi connectivity index (χ0) is 10.6. The smallest absolute Gasteiger partial charge is 0.223 e. The molecule has 3 N–H and O–H groups in total. The molecule has 82 valence electrons. The summed E-state index contributed by atoms with van der Waals surface area (Å²) in [5, 5.41) is 3.05. The normalized spacial score (nSPS) is 28.8. The molecule has 3 nitrogen and oxygen atoms in total. The molecule has 0 aromatic heterocycles. The Morgan fingerprint density at radius 2 is 2.29 bits per heavy atom. The second kappa shape index (κ2) is 5.35. The van der Waals surface area contributed by atoms with Crippen LogP contribution < -0.4 is 11.1 Å². The van der Waals surface area contributed by atoms with Crippen LogP contribution in [0.1, 0.15) is 46.0 Å². The predicted molar refractivity (Wildman–Crippen MR) is 57.8 cm³/mol. The highest BCUT2D eigenvalue weighted by Crippen LogP contribution is 2.17. The molecule has 0 saturated heterocycles. The lowest BCUT2D eigenvalue weighted by atomic mass is 10.0. The van der Waals surface area contributed by atoms with Gasteiger partial charge in [0, 0.05) is 18.0 Å². The third kappa shape index (κ3) is 2.98. The summed E-state index contributed by atoms with van der Waals surface area (Å²) < 4.78 is 0. The van der Waals surface area contributed by atoms with Gasteiger partial charge in [0.1, 0.15) is 0 Å². The molecule has 0 bridgehead atoms. The summed E-state index contributed by atoms with van der Waals surface area (Å²) in [6, 6.07) is 0.398. The van der Waals surface area contributed by atoms with Crippen molar-refractivity contribution in [3.05, 3.63) is 0 Å². The molecule has 14 heavy (non-hydrogen) atoms. The Bertz CT molecular complexity index is 194. The lowest BCUT2D eigenvalue weighted by Crippen LogP contribution is -2.45. The van der Waals surface area contributed by atoms with Crippen LogP contribution in [0.5, 0.6) is 0 Å². The fourth-order valence-electron chi connectivity index (χ4n) is 2.06. The van der Waals surface area contributed by atoms with Gasteiger partial charge in [-0.15, -0.1) is 0 Å². The molecule has 1 amide bonds. The molecule has 0 aromatic carbocycles. The maximum absolute atomic E-state index is 11.7. The molecule has 3 unspecified atom stereocenters. The zero-order valence-electron chi connectivity index (χ0n) is 9.25. The fraction of sp³-hybridized carbons (Fsp3) is 0.909. The van der Waals surface area contributed by atoms with Gasteiger partial charge in [-0.3, -0.25) is 4.79 Å². The van der Waals surface area contributed by atoms with Crippen molar-refractivity contribution in [3.8, 4) is 0 Å². The number of carbonyl (C=O) groups is 1. The first kappa shape index (κ1) is 11.5. The van der Waals surface area contributed by atoms with E-state index in [9.17, 15) is 4.79 Å². The van der Waals surface area contributed by atoms with Crippen molar-refractivity contribution in [2.45, 2.75) is 58.0 Å². The van der Waals surface area contributed by atoms with Crippen molar-refractivity contribution in [2.75, 3.05) is 0 Å². The van der Waals surface area contributed by atoms with Crippen LogP contribution in [0.3, 0.4) is 0 Å². The lowest BCUT2D eigenvalue weighted by Gasteiger charge is -2.19. The van der Waals surface area contributed by atoms with E-state index in [1.165, 1.54) is 0 Å². The van der Waals surface area contributed by atoms with Gasteiger partial charge in [0.05, 0.1) is 0 Å². The molecule has 1 rings (SSSR count). The average Bonchev–Trinajstić information content (AvgIpc) is 2.52. The van der Waals surface area contributed by atoms with Crippen LogP contribution in [-0.2, 0) is 4.79 Å². The largest absolute Gasteiger partial charge is 0.352 e. The highest BCUT2D eigenvalue weighted by atomic mass is 16.1. The van der Waals surface area contributed by atoms with Gasteiger partial charge in [0.2, 0.25) is 5.91 Å². The van der Waals surface area contributed by atoms with Crippen LogP contribution in [0.25, 0.3) is 0 Å². The number of amides is 1. The minimum atomic E-state index is 0.132. The summed E-state index contributed by atoms with van der Waals surface area (Å²) in [4.78, 5) is 11.7. The van der Waals surface area contributed by atoms with Gasteiger partial charge in [-0.2, -0.15) is 0 Å². The number of hydrogen-bond donors (Lipinski definition) is 2. The first-order chi connectivity index (χ1) is 6.65. The van der Waals surface area contributed by atoms with Crippen molar-refractivity contribution in [3.63, 3.8) is 0 Å². The molecule has 1 saturated carbocycles. The van der Waals surface area contributed by atoms with Crippen LogP contribution in [-0.4, -0.2) is 18.0 Å². The number of nitrogens with two attached hydrogens (primary N) is 1. The Kier molecular flexibility index (Phi) is 4.39. The highest BCUT2D eigenvalue weighted by molar-refractivity contribution is 5.78. The van der Waals surface area contributed by atoms with Gasteiger partial charge in [-0.1, -0.05) is 20.3 Å². The van der Waals surface area contributed by atoms with Crippen molar-refractivity contribution in [2.24, 2.45) is 11.7 Å². The molecule has 0 heterocycles. The van der Waals surface area contributed by atoms with Crippen LogP contribution in [0.4, 0.5) is 0 Å². The van der Waals surface area contributed by atoms with Gasteiger partial charge in [0.15, 0.2) is 0 Å². The summed E-state index contributed by atoms with van der Waals surface area (Å²) in [6.07, 6.45) is 5.27. The third-order valence-corrected chi connectivity index (χ3v) is 3.07. The SMILES string of the molecule is CCCC(C)C(=O)NC1CCCC1N. The maximum Gasteiger partial charge on any atom is 0.223 e. The van der Waals surface area contributed by atoms with E-state index >= 15 is 0 Å². The van der Waals surface area contributed by atoms with Crippen molar-refractivity contribution >= 4 is 5.91 Å². The average molecular weight is 198 g/mol. The van der Waals surface area contributed by atoms with E-state index in [2.05, 4.69) is 12.2 Å². The first-order valence-electron chi connectivity index (χ1n) is 5.71. The number of nitrogens with one attached hydrogen (secondary N) is 1. The van der Waals surface area contributed by atoms with E-state index in [4.69, 9.17) is 5.73 Å². The second-order valence-corrected chi connectivity index (χ2v) is 4.40. The number of carbonyl (C=O) groups excluding carboxylic acids is 1. The molecule has 1 aliphatic carbocycles. The topological polar surface area (TPSA) is 55.1 Å². The Balaban J connectivity index is 2.32. The van der Waals surface area contributed by atoms with Gasteiger partial charge in [-0.05, 0) is 25.7 Å². The van der Waals surface area contributed by atoms with E-state index < -0.39 is 0 Å². The minimum absolute atomic E-state index is 0.132. The van der Waals surface area contributed by atoms with E-state index in [-0.39, 0.29) is 23.9 Å². The van der Waals surface area contributed by atoms with E-state index in [0.717, 1.165) is 32.1 Å². The van der Waals surface area contributed by atoms with Crippen molar-refractivity contribution in [1.29, 1.82) is 0 Å². The van der Waals surface area contributed by atoms with Crippen LogP contribution in [0.15, 0.2) is 0 Å². The van der Waals surface area contributed by atoms with E-state index in [1.54, 1.807) is 0 Å². The standard InChI is InChI=1S/C11H22N2O/c1-3-5-8(2)11(14)13-10-7-4-6-9(10)12/h8-10H,3-7,12H2,1-2H3,(H,13,14). The molecule has 0 spiro atoms. The molecular weight excluding hydrogens is 176 g/mol. The van der Waals surface area contributed by atoms with Crippen molar-refractivity contribution in [1.82, 2.24) is 5.32 Å². The number of hydrogen-bond acceptors (Lipinski definition) is 2. The quantitative estimate of drug-likeness (QED) is 0.717. The molecule has 0 radical (unpaired) electrons. The summed E-state index contributed by atoms with van der Waals surface area (Å²) >= 11 is 0. The molecule has 3 heteroatoms. The Morgan fingerprint density at radius 3 is 2.79 bits per heavy atom. The second-order valence-electron chi connectivity index (χ2n) is 4.40. The Morgan fingerprint density at radius 1 is 1.57 bits per heavy atom. The molecule has 1 fully saturated rings. The molecule has 0 aliphatic heterocycles. The van der Waals surface area contributed by atoms with E-state index in [0.29, 0.717) is 0 Å². The maximum atomic E-state index is 11.7. The van der Waals surface area contributed by atoms with Crippen molar-refractivity contribution < 1.29 is 4.79 Å². The Labute approximate surface area is 86.4 Å². The van der Waals surface area contributed by atoms with Crippen LogP contribution in [0.2, 0.25) is 0 Å². The predicted octanol–water partition coefficient (Wildman–Crippen LogP) is 1.42. The Hall–Kier alpha value is -0.570. The molecular formula is C11H22N2O. The minimum Gasteiger partial charge on any atom is -0.352 e. The van der Waals surface area contributed by atoms with Crippen LogP contribution >= 0.6 is 0 Å². The molecule has 1 aliphatic rings. The van der Waals surface area contributed by atoms with Gasteiger partial charge >= 0.3 is 0 Å². The van der Waals surface area contributed by atoms with E-state index in [1.807, 2.05) is 6.92 Å². The third-order valence-electron chi connectivity index (χ3n) is 3.07. The molecule has 3 atom stereocenters. The van der Waals surface area contributed by atoms with Gasteiger partial charge in [0.25, 0.3) is 0 Å². The van der Waals surface area contributed by atoms with Crippen LogP contribution in [0, 0.1) is 5.92 Å². The highest BCUT2D eigenvalue weighted by Gasteiger charge is 2.26. The summed E-state index contributed by atoms with van der Waals surface area (Å²) in [7, 11) is 0. The summed E-state index contributed by atoms with van der Waals surface area (Å²) in [6.45, 7) is 4.09. The summed E-state index contributed by atoms with van der Waals surface area (Å²) in [5.41, 5.74) is 5.89. The zero-order valence-corrected chi connectivity index (χ0v) is 9.25.